The first-order valence-corrected chi connectivity index (χ1v) is 4.08. The zero-order chi connectivity index (χ0) is 9.84. The van der Waals surface area contributed by atoms with Crippen molar-refractivity contribution in [3.05, 3.63) is 41.5 Å². The topological polar surface area (TPSA) is 37.3 Å². The van der Waals surface area contributed by atoms with Gasteiger partial charge in [0.1, 0.15) is 0 Å². The van der Waals surface area contributed by atoms with Crippen LogP contribution in [0.1, 0.15) is 16.7 Å². The van der Waals surface area contributed by atoms with E-state index in [9.17, 15) is 4.79 Å². The van der Waals surface area contributed by atoms with E-state index in [-0.39, 0.29) is 6.42 Å². The van der Waals surface area contributed by atoms with Gasteiger partial charge in [0.15, 0.2) is 0 Å². The maximum absolute atomic E-state index is 10.5. The molecule has 0 saturated carbocycles. The summed E-state index contributed by atoms with van der Waals surface area (Å²) in [6.07, 6.45) is 1.81. The molecule has 0 aromatic heterocycles. The van der Waals surface area contributed by atoms with Crippen LogP contribution in [0.2, 0.25) is 0 Å². The summed E-state index contributed by atoms with van der Waals surface area (Å²) in [6.45, 7) is 5.58. The summed E-state index contributed by atoms with van der Waals surface area (Å²) in [5.74, 6) is -0.802. The molecule has 0 heterocycles. The van der Waals surface area contributed by atoms with Crippen LogP contribution in [0.5, 0.6) is 0 Å². The molecule has 68 valence electrons. The lowest BCUT2D eigenvalue weighted by atomic mass is 10.0. The van der Waals surface area contributed by atoms with Gasteiger partial charge in [0.05, 0.1) is 6.42 Å². The summed E-state index contributed by atoms with van der Waals surface area (Å²) >= 11 is 0. The van der Waals surface area contributed by atoms with E-state index in [1.54, 1.807) is 6.08 Å². The van der Waals surface area contributed by atoms with Crippen molar-refractivity contribution in [2.45, 2.75) is 13.3 Å². The van der Waals surface area contributed by atoms with Crippen molar-refractivity contribution in [1.29, 1.82) is 0 Å². The Morgan fingerprint density at radius 3 is 2.85 bits per heavy atom. The molecule has 1 aromatic rings. The van der Waals surface area contributed by atoms with E-state index in [1.165, 1.54) is 0 Å². The second kappa shape index (κ2) is 3.90. The minimum Gasteiger partial charge on any atom is -0.481 e. The van der Waals surface area contributed by atoms with E-state index in [4.69, 9.17) is 5.11 Å². The predicted octanol–water partition coefficient (Wildman–Crippen LogP) is 2.27. The molecular weight excluding hydrogens is 164 g/mol. The summed E-state index contributed by atoms with van der Waals surface area (Å²) in [5, 5.41) is 8.63. The molecule has 0 amide bonds. The molecule has 0 radical (unpaired) electrons. The van der Waals surface area contributed by atoms with Crippen LogP contribution in [0.15, 0.2) is 24.8 Å². The van der Waals surface area contributed by atoms with E-state index < -0.39 is 5.97 Å². The van der Waals surface area contributed by atoms with Crippen LogP contribution in [0.4, 0.5) is 0 Å². The van der Waals surface area contributed by atoms with E-state index in [2.05, 4.69) is 6.58 Å². The van der Waals surface area contributed by atoms with Crippen LogP contribution in [-0.2, 0) is 11.2 Å². The van der Waals surface area contributed by atoms with Crippen molar-refractivity contribution in [1.82, 2.24) is 0 Å². The number of carbonyl (C=O) groups is 1. The first-order valence-electron chi connectivity index (χ1n) is 4.08. The molecule has 1 N–H and O–H groups in total. The summed E-state index contributed by atoms with van der Waals surface area (Å²) in [7, 11) is 0. The number of aliphatic carboxylic acids is 1. The van der Waals surface area contributed by atoms with Gasteiger partial charge >= 0.3 is 5.97 Å². The quantitative estimate of drug-likeness (QED) is 0.767. The van der Waals surface area contributed by atoms with Crippen molar-refractivity contribution < 1.29 is 9.90 Å². The molecule has 0 saturated heterocycles. The first-order chi connectivity index (χ1) is 6.15. The zero-order valence-corrected chi connectivity index (χ0v) is 7.58. The van der Waals surface area contributed by atoms with Crippen molar-refractivity contribution in [2.75, 3.05) is 0 Å². The molecule has 0 atom stereocenters. The molecule has 0 aliphatic carbocycles. The molecule has 0 unspecified atom stereocenters. The smallest absolute Gasteiger partial charge is 0.307 e. The predicted molar refractivity (Wildman–Crippen MR) is 52.6 cm³/mol. The van der Waals surface area contributed by atoms with E-state index in [0.29, 0.717) is 0 Å². The van der Waals surface area contributed by atoms with Gasteiger partial charge in [0.25, 0.3) is 0 Å². The zero-order valence-electron chi connectivity index (χ0n) is 7.58. The molecular formula is C11H12O2. The summed E-state index contributed by atoms with van der Waals surface area (Å²) < 4.78 is 0. The Morgan fingerprint density at radius 2 is 2.31 bits per heavy atom. The standard InChI is InChI=1S/C11H12O2/c1-3-9-5-4-6-10(8(9)2)7-11(12)13/h3-6H,1,7H2,2H3,(H,12,13). The van der Waals surface area contributed by atoms with Gasteiger partial charge in [0, 0.05) is 0 Å². The van der Waals surface area contributed by atoms with E-state index in [0.717, 1.165) is 16.7 Å². The Hall–Kier alpha value is -1.57. The third kappa shape index (κ3) is 2.18. The third-order valence-electron chi connectivity index (χ3n) is 2.05. The Balaban J connectivity index is 3.07. The lowest BCUT2D eigenvalue weighted by Gasteiger charge is -2.05. The highest BCUT2D eigenvalue weighted by Gasteiger charge is 2.04. The number of hydrogen-bond donors (Lipinski definition) is 1. The van der Waals surface area contributed by atoms with Crippen LogP contribution >= 0.6 is 0 Å². The summed E-state index contributed by atoms with van der Waals surface area (Å²) in [4.78, 5) is 10.5. The van der Waals surface area contributed by atoms with E-state index in [1.807, 2.05) is 25.1 Å². The first kappa shape index (κ1) is 9.52. The van der Waals surface area contributed by atoms with Gasteiger partial charge in [-0.05, 0) is 23.6 Å². The maximum atomic E-state index is 10.5. The highest BCUT2D eigenvalue weighted by Crippen LogP contribution is 2.15. The Kier molecular flexibility index (Phi) is 2.85. The highest BCUT2D eigenvalue weighted by molar-refractivity contribution is 5.71. The van der Waals surface area contributed by atoms with Crippen molar-refractivity contribution in [2.24, 2.45) is 0 Å². The molecule has 2 nitrogen and oxygen atoms in total. The van der Waals surface area contributed by atoms with Gasteiger partial charge in [-0.1, -0.05) is 30.9 Å². The average molecular weight is 176 g/mol. The van der Waals surface area contributed by atoms with Gasteiger partial charge in [-0.3, -0.25) is 4.79 Å². The third-order valence-corrected chi connectivity index (χ3v) is 2.05. The van der Waals surface area contributed by atoms with Crippen molar-refractivity contribution >= 4 is 12.0 Å². The Labute approximate surface area is 77.5 Å². The molecule has 0 spiro atoms. The fourth-order valence-electron chi connectivity index (χ4n) is 1.28. The molecule has 0 bridgehead atoms. The van der Waals surface area contributed by atoms with Crippen molar-refractivity contribution in [3.8, 4) is 0 Å². The lowest BCUT2D eigenvalue weighted by molar-refractivity contribution is -0.136. The molecule has 1 rings (SSSR count). The molecule has 0 aliphatic rings. The summed E-state index contributed by atoms with van der Waals surface area (Å²) in [6, 6.07) is 5.60. The number of benzene rings is 1. The van der Waals surface area contributed by atoms with E-state index >= 15 is 0 Å². The van der Waals surface area contributed by atoms with Crippen LogP contribution in [-0.4, -0.2) is 11.1 Å². The largest absolute Gasteiger partial charge is 0.481 e. The number of rotatable bonds is 3. The Morgan fingerprint density at radius 1 is 1.62 bits per heavy atom. The van der Waals surface area contributed by atoms with Gasteiger partial charge in [-0.25, -0.2) is 0 Å². The molecule has 0 fully saturated rings. The van der Waals surface area contributed by atoms with Crippen LogP contribution in [0.3, 0.4) is 0 Å². The molecule has 13 heavy (non-hydrogen) atoms. The number of carboxylic acid groups (broad SMARTS) is 1. The fourth-order valence-corrected chi connectivity index (χ4v) is 1.28. The van der Waals surface area contributed by atoms with Gasteiger partial charge < -0.3 is 5.11 Å². The average Bonchev–Trinajstić information content (AvgIpc) is 2.08. The number of carboxylic acids is 1. The second-order valence-electron chi connectivity index (χ2n) is 2.91. The van der Waals surface area contributed by atoms with Gasteiger partial charge in [0.2, 0.25) is 0 Å². The number of hydrogen-bond acceptors (Lipinski definition) is 1. The lowest BCUT2D eigenvalue weighted by Crippen LogP contribution is -2.02. The van der Waals surface area contributed by atoms with Crippen LogP contribution in [0.25, 0.3) is 6.08 Å². The molecule has 1 aromatic carbocycles. The maximum Gasteiger partial charge on any atom is 0.307 e. The van der Waals surface area contributed by atoms with Gasteiger partial charge in [-0.2, -0.15) is 0 Å². The van der Waals surface area contributed by atoms with Crippen molar-refractivity contribution in [3.63, 3.8) is 0 Å². The minimum atomic E-state index is -0.802. The van der Waals surface area contributed by atoms with Crippen LogP contribution in [0, 0.1) is 6.92 Å². The fraction of sp³-hybridized carbons (Fsp3) is 0.182. The monoisotopic (exact) mass is 176 g/mol. The highest BCUT2D eigenvalue weighted by atomic mass is 16.4. The van der Waals surface area contributed by atoms with Gasteiger partial charge in [-0.15, -0.1) is 0 Å². The van der Waals surface area contributed by atoms with Crippen LogP contribution < -0.4 is 0 Å². The normalized spacial score (nSPS) is 9.62. The Bertz CT molecular complexity index is 340. The second-order valence-corrected chi connectivity index (χ2v) is 2.91. The SMILES string of the molecule is C=Cc1cccc(CC(=O)O)c1C. The minimum absolute atomic E-state index is 0.0769. The summed E-state index contributed by atoms with van der Waals surface area (Å²) in [5.41, 5.74) is 2.85. The molecule has 0 aliphatic heterocycles. The molecule has 2 heteroatoms.